The lowest BCUT2D eigenvalue weighted by molar-refractivity contribution is 0.530. The van der Waals surface area contributed by atoms with Crippen LogP contribution in [0.1, 0.15) is 11.6 Å². The summed E-state index contributed by atoms with van der Waals surface area (Å²) in [6.45, 7) is 0.233. The average molecular weight is 186 g/mol. The van der Waals surface area contributed by atoms with Gasteiger partial charge in [0, 0.05) is 18.2 Å². The number of halogens is 2. The number of hydrogen-bond acceptors (Lipinski definition) is 2. The second kappa shape index (κ2) is 4.30. The molecule has 72 valence electrons. The van der Waals surface area contributed by atoms with Crippen LogP contribution < -0.4 is 11.1 Å². The van der Waals surface area contributed by atoms with E-state index in [-0.39, 0.29) is 18.2 Å². The molecule has 1 unspecified atom stereocenters. The van der Waals surface area contributed by atoms with Crippen molar-refractivity contribution in [1.82, 2.24) is 5.32 Å². The van der Waals surface area contributed by atoms with Gasteiger partial charge in [-0.1, -0.05) is 0 Å². The first-order valence-electron chi connectivity index (χ1n) is 4.01. The Morgan fingerprint density at radius 2 is 2.15 bits per heavy atom. The van der Waals surface area contributed by atoms with E-state index < -0.39 is 11.6 Å². The van der Waals surface area contributed by atoms with Crippen molar-refractivity contribution in [3.8, 4) is 0 Å². The van der Waals surface area contributed by atoms with Crippen LogP contribution in [0.3, 0.4) is 0 Å². The van der Waals surface area contributed by atoms with Crippen molar-refractivity contribution in [2.75, 3.05) is 13.6 Å². The van der Waals surface area contributed by atoms with Crippen LogP contribution in [0.25, 0.3) is 0 Å². The maximum Gasteiger partial charge on any atom is 0.128 e. The Labute approximate surface area is 75.7 Å². The number of hydrogen-bond donors (Lipinski definition) is 2. The molecular weight excluding hydrogens is 174 g/mol. The summed E-state index contributed by atoms with van der Waals surface area (Å²) in [5, 5.41) is 2.80. The molecule has 0 heterocycles. The van der Waals surface area contributed by atoms with Gasteiger partial charge < -0.3 is 11.1 Å². The molecule has 0 bridgehead atoms. The summed E-state index contributed by atoms with van der Waals surface area (Å²) in [7, 11) is 1.65. The highest BCUT2D eigenvalue weighted by Crippen LogP contribution is 2.16. The molecule has 3 N–H and O–H groups in total. The number of benzene rings is 1. The molecule has 1 atom stereocenters. The molecule has 0 radical (unpaired) electrons. The Morgan fingerprint density at radius 3 is 2.69 bits per heavy atom. The van der Waals surface area contributed by atoms with Crippen LogP contribution in [0.15, 0.2) is 18.2 Å². The maximum atomic E-state index is 13.1. The third-order valence-corrected chi connectivity index (χ3v) is 1.92. The highest BCUT2D eigenvalue weighted by Gasteiger charge is 2.12. The lowest BCUT2D eigenvalue weighted by Gasteiger charge is -2.14. The van der Waals surface area contributed by atoms with E-state index in [9.17, 15) is 8.78 Å². The van der Waals surface area contributed by atoms with Gasteiger partial charge in [-0.15, -0.1) is 0 Å². The van der Waals surface area contributed by atoms with Crippen molar-refractivity contribution in [3.63, 3.8) is 0 Å². The molecule has 0 aliphatic rings. The van der Waals surface area contributed by atoms with Gasteiger partial charge in [0.1, 0.15) is 11.6 Å². The molecule has 1 rings (SSSR count). The van der Waals surface area contributed by atoms with Crippen LogP contribution in [0, 0.1) is 11.6 Å². The average Bonchev–Trinajstić information content (AvgIpc) is 2.13. The van der Waals surface area contributed by atoms with E-state index in [1.54, 1.807) is 7.05 Å². The Bertz CT molecular complexity index is 285. The number of nitrogens with two attached hydrogens (primary N) is 1. The third kappa shape index (κ3) is 2.23. The first-order chi connectivity index (χ1) is 6.19. The highest BCUT2D eigenvalue weighted by atomic mass is 19.1. The molecule has 4 heteroatoms. The van der Waals surface area contributed by atoms with E-state index >= 15 is 0 Å². The van der Waals surface area contributed by atoms with E-state index in [1.165, 1.54) is 0 Å². The predicted molar refractivity (Wildman–Crippen MR) is 47.2 cm³/mol. The molecule has 0 saturated heterocycles. The minimum absolute atomic E-state index is 0.233. The standard InChI is InChI=1S/C9H12F2N2/c1-13-9(5-12)7-4-6(10)2-3-8(7)11/h2-4,9,13H,5,12H2,1H3. The van der Waals surface area contributed by atoms with Gasteiger partial charge in [-0.3, -0.25) is 0 Å². The summed E-state index contributed by atoms with van der Waals surface area (Å²) in [5.41, 5.74) is 5.65. The summed E-state index contributed by atoms with van der Waals surface area (Å²) in [4.78, 5) is 0. The normalized spacial score (nSPS) is 12.9. The van der Waals surface area contributed by atoms with E-state index in [2.05, 4.69) is 5.32 Å². The number of nitrogens with one attached hydrogen (secondary N) is 1. The molecule has 0 fully saturated rings. The fourth-order valence-corrected chi connectivity index (χ4v) is 1.18. The second-order valence-corrected chi connectivity index (χ2v) is 2.74. The topological polar surface area (TPSA) is 38.0 Å². The van der Waals surface area contributed by atoms with Gasteiger partial charge in [0.05, 0.1) is 0 Å². The van der Waals surface area contributed by atoms with E-state index in [1.807, 2.05) is 0 Å². The largest absolute Gasteiger partial charge is 0.329 e. The van der Waals surface area contributed by atoms with Crippen molar-refractivity contribution < 1.29 is 8.78 Å². The molecule has 0 aliphatic heterocycles. The van der Waals surface area contributed by atoms with Crippen molar-refractivity contribution in [2.45, 2.75) is 6.04 Å². The maximum absolute atomic E-state index is 13.1. The lowest BCUT2D eigenvalue weighted by atomic mass is 10.1. The lowest BCUT2D eigenvalue weighted by Crippen LogP contribution is -2.25. The number of likely N-dealkylation sites (N-methyl/N-ethyl adjacent to an activating group) is 1. The molecular formula is C9H12F2N2. The predicted octanol–water partition coefficient (Wildman–Crippen LogP) is 1.18. The molecule has 2 nitrogen and oxygen atoms in total. The van der Waals surface area contributed by atoms with Crippen molar-refractivity contribution in [2.24, 2.45) is 5.73 Å². The van der Waals surface area contributed by atoms with Gasteiger partial charge in [0.15, 0.2) is 0 Å². The van der Waals surface area contributed by atoms with Crippen molar-refractivity contribution in [3.05, 3.63) is 35.4 Å². The van der Waals surface area contributed by atoms with Crippen LogP contribution in [0.5, 0.6) is 0 Å². The first-order valence-corrected chi connectivity index (χ1v) is 4.01. The number of rotatable bonds is 3. The minimum atomic E-state index is -0.454. The Hall–Kier alpha value is -1.00. The van der Waals surface area contributed by atoms with Crippen molar-refractivity contribution >= 4 is 0 Å². The molecule has 0 spiro atoms. The van der Waals surface area contributed by atoms with E-state index in [0.717, 1.165) is 18.2 Å². The zero-order valence-corrected chi connectivity index (χ0v) is 7.35. The first kappa shape index (κ1) is 10.1. The molecule has 13 heavy (non-hydrogen) atoms. The minimum Gasteiger partial charge on any atom is -0.329 e. The van der Waals surface area contributed by atoms with Gasteiger partial charge in [0.25, 0.3) is 0 Å². The van der Waals surface area contributed by atoms with Crippen LogP contribution in [0.2, 0.25) is 0 Å². The van der Waals surface area contributed by atoms with Gasteiger partial charge in [0.2, 0.25) is 0 Å². The van der Waals surface area contributed by atoms with Gasteiger partial charge >= 0.3 is 0 Å². The van der Waals surface area contributed by atoms with E-state index in [4.69, 9.17) is 5.73 Å². The summed E-state index contributed by atoms with van der Waals surface area (Å²) in [6.07, 6.45) is 0. The molecule has 0 aromatic heterocycles. The fourth-order valence-electron chi connectivity index (χ4n) is 1.18. The summed E-state index contributed by atoms with van der Waals surface area (Å²) >= 11 is 0. The van der Waals surface area contributed by atoms with Crippen LogP contribution >= 0.6 is 0 Å². The summed E-state index contributed by atoms with van der Waals surface area (Å²) in [5.74, 6) is -0.892. The van der Waals surface area contributed by atoms with Crippen LogP contribution in [0.4, 0.5) is 8.78 Å². The molecule has 1 aromatic rings. The third-order valence-electron chi connectivity index (χ3n) is 1.92. The zero-order chi connectivity index (χ0) is 9.84. The van der Waals surface area contributed by atoms with Gasteiger partial charge in [-0.05, 0) is 25.2 Å². The Kier molecular flexibility index (Phi) is 3.33. The Morgan fingerprint density at radius 1 is 1.46 bits per heavy atom. The highest BCUT2D eigenvalue weighted by molar-refractivity contribution is 5.22. The van der Waals surface area contributed by atoms with Gasteiger partial charge in [-0.2, -0.15) is 0 Å². The zero-order valence-electron chi connectivity index (χ0n) is 7.35. The van der Waals surface area contributed by atoms with Gasteiger partial charge in [-0.25, -0.2) is 8.78 Å². The fraction of sp³-hybridized carbons (Fsp3) is 0.333. The Balaban J connectivity index is 3.03. The monoisotopic (exact) mass is 186 g/mol. The molecule has 0 saturated carbocycles. The van der Waals surface area contributed by atoms with Crippen LogP contribution in [-0.2, 0) is 0 Å². The van der Waals surface area contributed by atoms with Crippen LogP contribution in [-0.4, -0.2) is 13.6 Å². The quantitative estimate of drug-likeness (QED) is 0.744. The van der Waals surface area contributed by atoms with E-state index in [0.29, 0.717) is 0 Å². The molecule has 1 aromatic carbocycles. The SMILES string of the molecule is CNC(CN)c1cc(F)ccc1F. The molecule has 0 amide bonds. The van der Waals surface area contributed by atoms with Crippen molar-refractivity contribution in [1.29, 1.82) is 0 Å². The summed E-state index contributed by atoms with van der Waals surface area (Å²) in [6, 6.07) is 3.01. The smallest absolute Gasteiger partial charge is 0.128 e. The second-order valence-electron chi connectivity index (χ2n) is 2.74. The molecule has 0 aliphatic carbocycles. The summed E-state index contributed by atoms with van der Waals surface area (Å²) < 4.78 is 25.9.